The van der Waals surface area contributed by atoms with Crippen LogP contribution >= 0.6 is 22.9 Å². The van der Waals surface area contributed by atoms with E-state index < -0.39 is 0 Å². The number of likely N-dealkylation sites (tertiary alicyclic amines) is 1. The summed E-state index contributed by atoms with van der Waals surface area (Å²) in [6.45, 7) is 2.52. The van der Waals surface area contributed by atoms with Gasteiger partial charge >= 0.3 is 0 Å². The van der Waals surface area contributed by atoms with Crippen LogP contribution in [0.25, 0.3) is 10.6 Å². The van der Waals surface area contributed by atoms with E-state index in [1.165, 1.54) is 11.3 Å². The fourth-order valence-corrected chi connectivity index (χ4v) is 5.80. The van der Waals surface area contributed by atoms with E-state index >= 15 is 0 Å². The molecule has 2 aromatic rings. The molecule has 2 aliphatic heterocycles. The average Bonchev–Trinajstić information content (AvgIpc) is 3.38. The summed E-state index contributed by atoms with van der Waals surface area (Å²) in [7, 11) is 2.02. The van der Waals surface area contributed by atoms with Crippen LogP contribution in [0.5, 0.6) is 0 Å². The van der Waals surface area contributed by atoms with Gasteiger partial charge in [-0.25, -0.2) is 0 Å². The van der Waals surface area contributed by atoms with Crippen molar-refractivity contribution >= 4 is 39.7 Å². The molecule has 4 unspecified atom stereocenters. The Hall–Kier alpha value is -1.78. The number of rotatable bonds is 5. The summed E-state index contributed by atoms with van der Waals surface area (Å²) in [6.07, 6.45) is 2.08. The molecule has 1 aliphatic carbocycles. The quantitative estimate of drug-likeness (QED) is 0.520. The Kier molecular flexibility index (Phi) is 5.63. The van der Waals surface area contributed by atoms with E-state index in [4.69, 9.17) is 11.6 Å². The van der Waals surface area contributed by atoms with Gasteiger partial charge in [0.05, 0.1) is 11.3 Å². The largest absolute Gasteiger partial charge is 0.356 e. The molecule has 10 heteroatoms. The Morgan fingerprint density at radius 3 is 3.00 bits per heavy atom. The number of amides is 1. The fraction of sp³-hybridized carbons (Fsp3) is 0.550. The van der Waals surface area contributed by atoms with Crippen molar-refractivity contribution in [3.63, 3.8) is 0 Å². The molecule has 0 spiro atoms. The van der Waals surface area contributed by atoms with Gasteiger partial charge in [-0.2, -0.15) is 0 Å². The van der Waals surface area contributed by atoms with Crippen LogP contribution in [0.4, 0.5) is 10.8 Å². The Morgan fingerprint density at radius 2 is 2.17 bits per heavy atom. The number of nitrogens with zero attached hydrogens (tertiary/aromatic N) is 3. The fourth-order valence-electron chi connectivity index (χ4n) is 4.54. The van der Waals surface area contributed by atoms with Crippen molar-refractivity contribution in [2.24, 2.45) is 11.8 Å². The molecule has 5 rings (SSSR count). The maximum atomic E-state index is 12.3. The van der Waals surface area contributed by atoms with Crippen molar-refractivity contribution < 1.29 is 4.79 Å². The Bertz CT molecular complexity index is 918. The molecule has 1 aromatic carbocycles. The summed E-state index contributed by atoms with van der Waals surface area (Å²) in [5.41, 5.74) is 8.27. The highest BCUT2D eigenvalue weighted by Gasteiger charge is 2.41. The normalized spacial score (nSPS) is 29.3. The zero-order chi connectivity index (χ0) is 20.7. The molecule has 8 nitrogen and oxygen atoms in total. The molecule has 0 radical (unpaired) electrons. The van der Waals surface area contributed by atoms with Crippen LogP contribution in [0.1, 0.15) is 12.8 Å². The van der Waals surface area contributed by atoms with Crippen LogP contribution in [0.2, 0.25) is 0 Å². The molecule has 3 aliphatic rings. The molecule has 3 heterocycles. The van der Waals surface area contributed by atoms with Crippen LogP contribution in [-0.4, -0.2) is 65.1 Å². The molecular weight excluding hydrogens is 422 g/mol. The SMILES string of the molecule is CN1CC(C(=O)Nc2cccc(-c3nnc(NC4CCC5NNCC5C4Cl)s3)c2)C1. The van der Waals surface area contributed by atoms with Crippen molar-refractivity contribution in [3.8, 4) is 10.6 Å². The lowest BCUT2D eigenvalue weighted by Crippen LogP contribution is -2.49. The molecule has 1 amide bonds. The van der Waals surface area contributed by atoms with Gasteiger partial charge in [0.25, 0.3) is 0 Å². The summed E-state index contributed by atoms with van der Waals surface area (Å²) in [4.78, 5) is 14.5. The van der Waals surface area contributed by atoms with E-state index in [9.17, 15) is 4.79 Å². The van der Waals surface area contributed by atoms with Gasteiger partial charge in [-0.15, -0.1) is 21.8 Å². The third-order valence-corrected chi connectivity index (χ3v) is 7.80. The third kappa shape index (κ3) is 4.04. The lowest BCUT2D eigenvalue weighted by atomic mass is 9.82. The molecule has 2 saturated heterocycles. The highest BCUT2D eigenvalue weighted by molar-refractivity contribution is 7.18. The first-order valence-corrected chi connectivity index (χ1v) is 11.6. The average molecular weight is 448 g/mol. The summed E-state index contributed by atoms with van der Waals surface area (Å²) >= 11 is 8.26. The van der Waals surface area contributed by atoms with Crippen molar-refractivity contribution in [1.82, 2.24) is 25.9 Å². The molecule has 3 fully saturated rings. The minimum absolute atomic E-state index is 0.0442. The zero-order valence-electron chi connectivity index (χ0n) is 16.8. The monoisotopic (exact) mass is 447 g/mol. The van der Waals surface area contributed by atoms with Gasteiger partial charge in [0.2, 0.25) is 11.0 Å². The first kappa shape index (κ1) is 20.1. The van der Waals surface area contributed by atoms with E-state index in [0.29, 0.717) is 12.0 Å². The maximum Gasteiger partial charge on any atom is 0.230 e. The number of benzene rings is 1. The highest BCUT2D eigenvalue weighted by Crippen LogP contribution is 2.35. The second-order valence-electron chi connectivity index (χ2n) is 8.47. The molecule has 0 bridgehead atoms. The number of fused-ring (bicyclic) bond motifs is 1. The molecule has 4 N–H and O–H groups in total. The van der Waals surface area contributed by atoms with E-state index in [1.807, 2.05) is 31.3 Å². The minimum atomic E-state index is 0.0442. The highest BCUT2D eigenvalue weighted by atomic mass is 35.5. The van der Waals surface area contributed by atoms with E-state index in [0.717, 1.165) is 53.9 Å². The number of hydrogen-bond donors (Lipinski definition) is 4. The predicted octanol–water partition coefficient (Wildman–Crippen LogP) is 1.98. The predicted molar refractivity (Wildman–Crippen MR) is 120 cm³/mol. The zero-order valence-corrected chi connectivity index (χ0v) is 18.3. The van der Waals surface area contributed by atoms with Crippen LogP contribution in [0.15, 0.2) is 24.3 Å². The van der Waals surface area contributed by atoms with Gasteiger partial charge < -0.3 is 15.5 Å². The third-order valence-electron chi connectivity index (χ3n) is 6.27. The second-order valence-corrected chi connectivity index (χ2v) is 9.95. The summed E-state index contributed by atoms with van der Waals surface area (Å²) in [5.74, 6) is 0.561. The lowest BCUT2D eigenvalue weighted by Gasteiger charge is -2.35. The van der Waals surface area contributed by atoms with Crippen molar-refractivity contribution in [2.45, 2.75) is 30.3 Å². The number of anilines is 2. The summed E-state index contributed by atoms with van der Waals surface area (Å²) in [6, 6.07) is 8.42. The smallest absolute Gasteiger partial charge is 0.230 e. The number of carbonyl (C=O) groups excluding carboxylic acids is 1. The van der Waals surface area contributed by atoms with Crippen molar-refractivity contribution in [2.75, 3.05) is 37.3 Å². The Morgan fingerprint density at radius 1 is 1.30 bits per heavy atom. The maximum absolute atomic E-state index is 12.3. The standard InChI is InChI=1S/C20H26ClN7OS/c1-28-9-12(10-28)18(29)23-13-4-2-3-11(7-13)19-26-27-20(30-19)24-16-6-5-15-14(17(16)21)8-22-25-15/h2-4,7,12,14-17,22,25H,5-6,8-10H2,1H3,(H,23,29)(H,24,27). The van der Waals surface area contributed by atoms with E-state index in [1.54, 1.807) is 0 Å². The number of nitrogens with one attached hydrogen (secondary N) is 4. The number of hydrazine groups is 1. The number of hydrogen-bond acceptors (Lipinski definition) is 8. The molecule has 30 heavy (non-hydrogen) atoms. The van der Waals surface area contributed by atoms with Crippen molar-refractivity contribution in [1.29, 1.82) is 0 Å². The molecule has 160 valence electrons. The van der Waals surface area contributed by atoms with Gasteiger partial charge in [0.1, 0.15) is 5.01 Å². The number of aromatic nitrogens is 2. The van der Waals surface area contributed by atoms with Crippen LogP contribution in [0, 0.1) is 11.8 Å². The Balaban J connectivity index is 1.23. The van der Waals surface area contributed by atoms with Gasteiger partial charge in [0, 0.05) is 48.9 Å². The van der Waals surface area contributed by atoms with Crippen LogP contribution < -0.4 is 21.5 Å². The number of carbonyl (C=O) groups is 1. The van der Waals surface area contributed by atoms with Crippen LogP contribution in [-0.2, 0) is 4.79 Å². The first-order chi connectivity index (χ1) is 14.6. The molecular formula is C20H26ClN7OS. The number of alkyl halides is 1. The van der Waals surface area contributed by atoms with E-state index in [2.05, 4.69) is 36.6 Å². The lowest BCUT2D eigenvalue weighted by molar-refractivity contribution is -0.124. The van der Waals surface area contributed by atoms with E-state index in [-0.39, 0.29) is 23.2 Å². The second kappa shape index (κ2) is 8.39. The number of halogens is 1. The van der Waals surface area contributed by atoms with Gasteiger partial charge in [-0.1, -0.05) is 23.5 Å². The van der Waals surface area contributed by atoms with Gasteiger partial charge in [0.15, 0.2) is 0 Å². The Labute approximate surface area is 184 Å². The molecule has 4 atom stereocenters. The summed E-state index contributed by atoms with van der Waals surface area (Å²) < 4.78 is 0. The summed E-state index contributed by atoms with van der Waals surface area (Å²) in [5, 5.41) is 16.9. The minimum Gasteiger partial charge on any atom is -0.356 e. The topological polar surface area (TPSA) is 94.2 Å². The van der Waals surface area contributed by atoms with Crippen molar-refractivity contribution in [3.05, 3.63) is 24.3 Å². The van der Waals surface area contributed by atoms with Crippen LogP contribution in [0.3, 0.4) is 0 Å². The first-order valence-electron chi connectivity index (χ1n) is 10.4. The van der Waals surface area contributed by atoms with Gasteiger partial charge in [-0.3, -0.25) is 15.6 Å². The van der Waals surface area contributed by atoms with Gasteiger partial charge in [-0.05, 0) is 32.0 Å². The molecule has 1 saturated carbocycles. The molecule has 1 aromatic heterocycles.